The average Bonchev–Trinajstić information content (AvgIpc) is 3.33. The van der Waals surface area contributed by atoms with E-state index in [4.69, 9.17) is 15.7 Å². The SMILES string of the molecule is C[C@H]1COC(=O)N1c1cc(N)c2cnc(NC(=O)[C@@H]3C[C@H]3C#N)cc2c1. The molecule has 3 atom stereocenters. The van der Waals surface area contributed by atoms with Gasteiger partial charge in [0.1, 0.15) is 12.4 Å². The predicted molar refractivity (Wildman–Crippen MR) is 95.3 cm³/mol. The highest BCUT2D eigenvalue weighted by Crippen LogP contribution is 2.38. The maximum atomic E-state index is 12.1. The number of carbonyl (C=O) groups is 2. The van der Waals surface area contributed by atoms with Crippen LogP contribution >= 0.6 is 0 Å². The fourth-order valence-electron chi connectivity index (χ4n) is 3.20. The molecule has 1 saturated carbocycles. The minimum Gasteiger partial charge on any atom is -0.447 e. The van der Waals surface area contributed by atoms with Crippen molar-refractivity contribution < 1.29 is 14.3 Å². The van der Waals surface area contributed by atoms with E-state index in [0.717, 1.165) is 10.8 Å². The number of carbonyl (C=O) groups excluding carboxylic acids is 2. The molecule has 2 amide bonds. The summed E-state index contributed by atoms with van der Waals surface area (Å²) in [7, 11) is 0. The Morgan fingerprint density at radius 2 is 2.27 bits per heavy atom. The summed E-state index contributed by atoms with van der Waals surface area (Å²) in [6, 6.07) is 7.25. The van der Waals surface area contributed by atoms with Gasteiger partial charge in [-0.15, -0.1) is 0 Å². The van der Waals surface area contributed by atoms with Crippen LogP contribution in [0.4, 0.5) is 22.0 Å². The highest BCUT2D eigenvalue weighted by Gasteiger charge is 2.43. The van der Waals surface area contributed by atoms with Crippen molar-refractivity contribution in [2.45, 2.75) is 19.4 Å². The van der Waals surface area contributed by atoms with Crippen LogP contribution in [0, 0.1) is 23.2 Å². The van der Waals surface area contributed by atoms with Crippen molar-refractivity contribution in [1.29, 1.82) is 5.26 Å². The van der Waals surface area contributed by atoms with Gasteiger partial charge >= 0.3 is 6.09 Å². The van der Waals surface area contributed by atoms with Gasteiger partial charge in [-0.1, -0.05) is 0 Å². The van der Waals surface area contributed by atoms with Gasteiger partial charge in [-0.05, 0) is 36.9 Å². The van der Waals surface area contributed by atoms with Crippen molar-refractivity contribution in [3.8, 4) is 6.07 Å². The van der Waals surface area contributed by atoms with Gasteiger partial charge in [0.15, 0.2) is 0 Å². The lowest BCUT2D eigenvalue weighted by atomic mass is 10.1. The topological polar surface area (TPSA) is 121 Å². The van der Waals surface area contributed by atoms with Crippen LogP contribution in [0.25, 0.3) is 10.8 Å². The van der Waals surface area contributed by atoms with Crippen LogP contribution in [0.3, 0.4) is 0 Å². The third kappa shape index (κ3) is 2.67. The van der Waals surface area contributed by atoms with Gasteiger partial charge in [0.05, 0.1) is 29.6 Å². The molecule has 1 aromatic heterocycles. The molecule has 1 saturated heterocycles. The zero-order valence-electron chi connectivity index (χ0n) is 14.1. The number of hydrogen-bond acceptors (Lipinski definition) is 6. The number of hydrogen-bond donors (Lipinski definition) is 2. The molecule has 1 aliphatic carbocycles. The van der Waals surface area contributed by atoms with Crippen molar-refractivity contribution >= 4 is 40.0 Å². The number of nitrogens with one attached hydrogen (secondary N) is 1. The molecule has 0 radical (unpaired) electrons. The minimum atomic E-state index is -0.407. The first-order chi connectivity index (χ1) is 12.5. The third-order valence-corrected chi connectivity index (χ3v) is 4.76. The standard InChI is InChI=1S/C18H17N5O3/c1-9-8-26-18(25)23(9)12-2-10-4-16(21-7-14(10)15(20)5-12)22-17(24)13-3-11(13)6-19/h2,4-5,7,9,11,13H,3,8,20H2,1H3,(H,21,22,24)/t9-,11-,13+/m0/s1. The maximum Gasteiger partial charge on any atom is 0.414 e. The summed E-state index contributed by atoms with van der Waals surface area (Å²) in [6.45, 7) is 2.22. The molecule has 132 valence electrons. The monoisotopic (exact) mass is 351 g/mol. The molecular formula is C18H17N5O3. The lowest BCUT2D eigenvalue weighted by molar-refractivity contribution is -0.117. The number of anilines is 3. The summed E-state index contributed by atoms with van der Waals surface area (Å²) in [5, 5.41) is 13.1. The first kappa shape index (κ1) is 16.1. The zero-order valence-corrected chi connectivity index (χ0v) is 14.1. The number of fused-ring (bicyclic) bond motifs is 1. The quantitative estimate of drug-likeness (QED) is 0.818. The molecule has 1 aliphatic heterocycles. The summed E-state index contributed by atoms with van der Waals surface area (Å²) in [5.41, 5.74) is 7.25. The summed E-state index contributed by atoms with van der Waals surface area (Å²) < 4.78 is 5.06. The highest BCUT2D eigenvalue weighted by molar-refractivity contribution is 6.02. The molecule has 0 bridgehead atoms. The highest BCUT2D eigenvalue weighted by atomic mass is 16.6. The molecule has 8 heteroatoms. The first-order valence-corrected chi connectivity index (χ1v) is 8.33. The molecule has 2 aliphatic rings. The van der Waals surface area contributed by atoms with Gasteiger partial charge in [-0.25, -0.2) is 9.78 Å². The zero-order chi connectivity index (χ0) is 18.4. The number of amides is 2. The Morgan fingerprint density at radius 3 is 2.92 bits per heavy atom. The molecule has 4 rings (SSSR count). The second kappa shape index (κ2) is 5.88. The lowest BCUT2D eigenvalue weighted by Crippen LogP contribution is -2.30. The first-order valence-electron chi connectivity index (χ1n) is 8.33. The van der Waals surface area contributed by atoms with Crippen LogP contribution < -0.4 is 16.0 Å². The number of benzene rings is 1. The molecule has 1 aromatic carbocycles. The minimum absolute atomic E-state index is 0.0851. The van der Waals surface area contributed by atoms with Gasteiger partial charge in [-0.3, -0.25) is 9.69 Å². The largest absolute Gasteiger partial charge is 0.447 e. The average molecular weight is 351 g/mol. The van der Waals surface area contributed by atoms with Crippen LogP contribution in [-0.4, -0.2) is 29.6 Å². The van der Waals surface area contributed by atoms with Crippen LogP contribution in [0.5, 0.6) is 0 Å². The van der Waals surface area contributed by atoms with E-state index in [1.807, 2.05) is 13.0 Å². The molecule has 3 N–H and O–H groups in total. The number of cyclic esters (lactones) is 1. The van der Waals surface area contributed by atoms with E-state index in [1.54, 1.807) is 23.2 Å². The number of nitriles is 1. The summed E-state index contributed by atoms with van der Waals surface area (Å²) >= 11 is 0. The van der Waals surface area contributed by atoms with Crippen molar-refractivity contribution in [1.82, 2.24) is 4.98 Å². The smallest absolute Gasteiger partial charge is 0.414 e. The Hall–Kier alpha value is -3.34. The van der Waals surface area contributed by atoms with Gasteiger partial charge < -0.3 is 15.8 Å². The Kier molecular flexibility index (Phi) is 3.65. The van der Waals surface area contributed by atoms with E-state index in [1.165, 1.54) is 0 Å². The Labute approximate surface area is 149 Å². The van der Waals surface area contributed by atoms with E-state index >= 15 is 0 Å². The summed E-state index contributed by atoms with van der Waals surface area (Å²) in [6.07, 6.45) is 1.77. The molecule has 2 heterocycles. The van der Waals surface area contributed by atoms with Gasteiger partial charge in [-0.2, -0.15) is 5.26 Å². The lowest BCUT2D eigenvalue weighted by Gasteiger charge is -2.19. The molecule has 0 unspecified atom stereocenters. The fraction of sp³-hybridized carbons (Fsp3) is 0.333. The normalized spacial score (nSPS) is 24.2. The summed E-state index contributed by atoms with van der Waals surface area (Å²) in [4.78, 5) is 29.8. The second-order valence-electron chi connectivity index (χ2n) is 6.69. The van der Waals surface area contributed by atoms with E-state index in [0.29, 0.717) is 30.2 Å². The number of nitrogens with two attached hydrogens (primary N) is 1. The molecule has 2 fully saturated rings. The fourth-order valence-corrected chi connectivity index (χ4v) is 3.20. The Morgan fingerprint density at radius 1 is 1.46 bits per heavy atom. The van der Waals surface area contributed by atoms with Gasteiger partial charge in [0.25, 0.3) is 0 Å². The van der Waals surface area contributed by atoms with Crippen LogP contribution in [0.1, 0.15) is 13.3 Å². The summed E-state index contributed by atoms with van der Waals surface area (Å²) in [5.74, 6) is -0.293. The van der Waals surface area contributed by atoms with Crippen molar-refractivity contribution in [2.75, 3.05) is 22.6 Å². The van der Waals surface area contributed by atoms with Crippen LogP contribution in [-0.2, 0) is 9.53 Å². The second-order valence-corrected chi connectivity index (χ2v) is 6.69. The maximum absolute atomic E-state index is 12.1. The molecule has 0 spiro atoms. The number of nitrogens with zero attached hydrogens (tertiary/aromatic N) is 3. The van der Waals surface area contributed by atoms with Crippen LogP contribution in [0.15, 0.2) is 24.4 Å². The van der Waals surface area contributed by atoms with E-state index in [-0.39, 0.29) is 23.8 Å². The van der Waals surface area contributed by atoms with Crippen molar-refractivity contribution in [3.05, 3.63) is 24.4 Å². The van der Waals surface area contributed by atoms with Gasteiger partial charge in [0, 0.05) is 17.3 Å². The Bertz CT molecular complexity index is 967. The predicted octanol–water partition coefficient (Wildman–Crippen LogP) is 2.26. The number of pyridine rings is 1. The Balaban J connectivity index is 1.65. The number of nitrogen functional groups attached to an aromatic ring is 1. The molecule has 2 aromatic rings. The number of aromatic nitrogens is 1. The number of rotatable bonds is 3. The van der Waals surface area contributed by atoms with Crippen molar-refractivity contribution in [2.24, 2.45) is 11.8 Å². The molecular weight excluding hydrogens is 334 g/mol. The number of ether oxygens (including phenoxy) is 1. The van der Waals surface area contributed by atoms with E-state index in [9.17, 15) is 9.59 Å². The van der Waals surface area contributed by atoms with Crippen LogP contribution in [0.2, 0.25) is 0 Å². The molecule has 8 nitrogen and oxygen atoms in total. The van der Waals surface area contributed by atoms with Gasteiger partial charge in [0.2, 0.25) is 5.91 Å². The van der Waals surface area contributed by atoms with E-state index in [2.05, 4.69) is 16.4 Å². The van der Waals surface area contributed by atoms with E-state index < -0.39 is 6.09 Å². The third-order valence-electron chi connectivity index (χ3n) is 4.76. The molecule has 26 heavy (non-hydrogen) atoms. The van der Waals surface area contributed by atoms with Crippen molar-refractivity contribution in [3.63, 3.8) is 0 Å².